The van der Waals surface area contributed by atoms with Gasteiger partial charge in [0, 0.05) is 73.3 Å². The van der Waals surface area contributed by atoms with Crippen LogP contribution in [-0.2, 0) is 21.6 Å². The molecule has 0 aromatic heterocycles. The highest BCUT2D eigenvalue weighted by atomic mass is 32.2. The van der Waals surface area contributed by atoms with Crippen LogP contribution in [0.2, 0.25) is 0 Å². The van der Waals surface area contributed by atoms with E-state index in [1.807, 2.05) is 60.3 Å². The first kappa shape index (κ1) is 29.1. The minimum atomic E-state index is -0.935. The molecule has 2 unspecified atom stereocenters. The average Bonchev–Trinajstić information content (AvgIpc) is 2.90. The van der Waals surface area contributed by atoms with Crippen molar-refractivity contribution in [2.45, 2.75) is 39.2 Å². The Kier molecular flexibility index (Phi) is 12.2. The molecule has 0 bridgehead atoms. The molecular weight excluding hydrogens is 561 g/mol. The molecule has 8 heteroatoms. The molecule has 0 saturated carbocycles. The van der Waals surface area contributed by atoms with Crippen LogP contribution in [0.15, 0.2) is 136 Å². The lowest BCUT2D eigenvalue weighted by atomic mass is 10.4. The van der Waals surface area contributed by atoms with Gasteiger partial charge in [0.2, 0.25) is 0 Å². The molecule has 0 spiro atoms. The van der Waals surface area contributed by atoms with Gasteiger partial charge in [0.15, 0.2) is 0 Å². The average molecular weight is 589 g/mol. The quantitative estimate of drug-likeness (QED) is 0.192. The van der Waals surface area contributed by atoms with Crippen LogP contribution in [0, 0.1) is 0 Å². The van der Waals surface area contributed by atoms with Crippen molar-refractivity contribution in [3.8, 4) is 0 Å². The summed E-state index contributed by atoms with van der Waals surface area (Å²) < 4.78 is 22.6. The molecule has 2 atom stereocenters. The van der Waals surface area contributed by atoms with E-state index in [2.05, 4.69) is 61.0 Å². The molecule has 36 heavy (non-hydrogen) atoms. The minimum absolute atomic E-state index is 0.834. The van der Waals surface area contributed by atoms with E-state index >= 15 is 0 Å². The second-order valence-corrected chi connectivity index (χ2v) is 14.2. The second-order valence-electron chi connectivity index (χ2n) is 7.41. The first-order valence-corrected chi connectivity index (χ1v) is 18.1. The number of thioether (sulfide) groups is 2. The normalized spacial score (nSPS) is 12.3. The van der Waals surface area contributed by atoms with E-state index in [9.17, 15) is 8.42 Å². The van der Waals surface area contributed by atoms with E-state index < -0.39 is 21.6 Å². The summed E-state index contributed by atoms with van der Waals surface area (Å²) in [6, 6.07) is 32.8. The zero-order chi connectivity index (χ0) is 25.9. The van der Waals surface area contributed by atoms with E-state index in [0.29, 0.717) is 0 Å². The van der Waals surface area contributed by atoms with E-state index in [-0.39, 0.29) is 0 Å². The molecule has 2 nitrogen and oxygen atoms in total. The van der Waals surface area contributed by atoms with Gasteiger partial charge < -0.3 is 0 Å². The largest absolute Gasteiger partial charge is 0.255 e. The summed E-state index contributed by atoms with van der Waals surface area (Å²) in [6.45, 7) is 0. The Labute approximate surface area is 236 Å². The molecule has 0 aliphatic carbocycles. The number of hydrogen-bond acceptors (Lipinski definition) is 6. The fourth-order valence-electron chi connectivity index (χ4n) is 2.96. The predicted octanol–water partition coefficient (Wildman–Crippen LogP) is 8.59. The van der Waals surface area contributed by atoms with E-state index in [0.717, 1.165) is 19.6 Å². The summed E-state index contributed by atoms with van der Waals surface area (Å²) in [6.07, 6.45) is 7.55. The van der Waals surface area contributed by atoms with Crippen LogP contribution in [0.4, 0.5) is 0 Å². The zero-order valence-corrected chi connectivity index (χ0v) is 25.4. The molecule has 0 fully saturated rings. The van der Waals surface area contributed by atoms with Crippen molar-refractivity contribution in [1.82, 2.24) is 0 Å². The Morgan fingerprint density at radius 2 is 0.639 bits per heavy atom. The van der Waals surface area contributed by atoms with Crippen LogP contribution < -0.4 is 0 Å². The van der Waals surface area contributed by atoms with Gasteiger partial charge in [-0.3, -0.25) is 8.42 Å². The van der Waals surface area contributed by atoms with E-state index in [1.165, 1.54) is 19.6 Å². The Bertz CT molecular complexity index is 1170. The van der Waals surface area contributed by atoms with Crippen molar-refractivity contribution in [3.63, 3.8) is 0 Å². The van der Waals surface area contributed by atoms with Crippen molar-refractivity contribution < 1.29 is 8.42 Å². The maximum atomic E-state index is 11.3. The molecule has 0 aliphatic heterocycles. The third kappa shape index (κ3) is 9.47. The molecule has 4 aromatic rings. The minimum Gasteiger partial charge on any atom is -0.255 e. The standard InChI is InChI=1S/C14H14O2S3.C14H14S3/c1-18(15)13-7-3-11(4-8-13)17-12-5-9-14(10-6-12)19(2)16;1-15-11-3-7-13(8-4-11)17-14-9-5-12(16-2)6-10-14/h3-10H,1-2H3;3-10H,1-2H3. The molecule has 188 valence electrons. The number of benzene rings is 4. The Hall–Kier alpha value is -1.42. The molecule has 0 N–H and O–H groups in total. The topological polar surface area (TPSA) is 34.1 Å². The summed E-state index contributed by atoms with van der Waals surface area (Å²) in [7, 11) is -1.87. The monoisotopic (exact) mass is 588 g/mol. The van der Waals surface area contributed by atoms with E-state index in [1.54, 1.807) is 47.8 Å². The van der Waals surface area contributed by atoms with Crippen LogP contribution in [0.25, 0.3) is 0 Å². The lowest BCUT2D eigenvalue weighted by Crippen LogP contribution is -1.87. The molecule has 0 amide bonds. The zero-order valence-electron chi connectivity index (χ0n) is 20.5. The summed E-state index contributed by atoms with van der Waals surface area (Å²) in [5.41, 5.74) is 0. The SMILES string of the molecule is CS(=O)c1ccc(Sc2ccc(S(C)=O)cc2)cc1.CSc1ccc(Sc2ccc(SC)cc2)cc1. The van der Waals surface area contributed by atoms with Crippen molar-refractivity contribution in [3.05, 3.63) is 97.1 Å². The molecular formula is C28H28O2S6. The van der Waals surface area contributed by atoms with Gasteiger partial charge in [-0.05, 0) is 110 Å². The van der Waals surface area contributed by atoms with Crippen LogP contribution in [0.5, 0.6) is 0 Å². The summed E-state index contributed by atoms with van der Waals surface area (Å²) in [4.78, 5) is 9.07. The molecule has 4 aromatic carbocycles. The van der Waals surface area contributed by atoms with Crippen LogP contribution in [-0.4, -0.2) is 33.4 Å². The number of rotatable bonds is 8. The van der Waals surface area contributed by atoms with Gasteiger partial charge in [0.1, 0.15) is 0 Å². The fourth-order valence-corrected chi connectivity index (χ4v) is 6.45. The van der Waals surface area contributed by atoms with Crippen LogP contribution in [0.1, 0.15) is 0 Å². The van der Waals surface area contributed by atoms with Gasteiger partial charge >= 0.3 is 0 Å². The van der Waals surface area contributed by atoms with Crippen molar-refractivity contribution >= 4 is 68.6 Å². The van der Waals surface area contributed by atoms with Gasteiger partial charge in [-0.25, -0.2) is 0 Å². The highest BCUT2D eigenvalue weighted by molar-refractivity contribution is 8.00. The molecule has 0 heterocycles. The first-order chi connectivity index (χ1) is 17.4. The fraction of sp³-hybridized carbons (Fsp3) is 0.143. The lowest BCUT2D eigenvalue weighted by molar-refractivity contribution is 0.686. The second kappa shape index (κ2) is 15.1. The van der Waals surface area contributed by atoms with Crippen molar-refractivity contribution in [1.29, 1.82) is 0 Å². The summed E-state index contributed by atoms with van der Waals surface area (Å²) >= 11 is 6.99. The third-order valence-corrected chi connectivity index (χ3v) is 10.3. The predicted molar refractivity (Wildman–Crippen MR) is 162 cm³/mol. The highest BCUT2D eigenvalue weighted by Crippen LogP contribution is 2.30. The third-order valence-electron chi connectivity index (χ3n) is 4.90. The summed E-state index contributed by atoms with van der Waals surface area (Å²) in [5, 5.41) is 0. The van der Waals surface area contributed by atoms with Gasteiger partial charge in [-0.15, -0.1) is 23.5 Å². The maximum Gasteiger partial charge on any atom is 0.0498 e. The lowest BCUT2D eigenvalue weighted by Gasteiger charge is -2.03. The summed E-state index contributed by atoms with van der Waals surface area (Å²) in [5.74, 6) is 0. The van der Waals surface area contributed by atoms with Crippen molar-refractivity contribution in [2.24, 2.45) is 0 Å². The van der Waals surface area contributed by atoms with Gasteiger partial charge in [0.25, 0.3) is 0 Å². The highest BCUT2D eigenvalue weighted by Gasteiger charge is 2.02. The van der Waals surface area contributed by atoms with Gasteiger partial charge in [-0.1, -0.05) is 23.5 Å². The Balaban J connectivity index is 0.000000202. The first-order valence-electron chi connectivity index (χ1n) is 10.9. The van der Waals surface area contributed by atoms with Crippen molar-refractivity contribution in [2.75, 3.05) is 25.0 Å². The Morgan fingerprint density at radius 1 is 0.417 bits per heavy atom. The van der Waals surface area contributed by atoms with Gasteiger partial charge in [-0.2, -0.15) is 0 Å². The van der Waals surface area contributed by atoms with Crippen LogP contribution in [0.3, 0.4) is 0 Å². The molecule has 0 aliphatic rings. The van der Waals surface area contributed by atoms with Crippen LogP contribution >= 0.6 is 47.0 Å². The molecule has 4 rings (SSSR count). The van der Waals surface area contributed by atoms with E-state index in [4.69, 9.17) is 0 Å². The molecule has 0 radical (unpaired) electrons. The smallest absolute Gasteiger partial charge is 0.0498 e. The Morgan fingerprint density at radius 3 is 0.861 bits per heavy atom. The van der Waals surface area contributed by atoms with Gasteiger partial charge in [0.05, 0.1) is 0 Å². The maximum absolute atomic E-state index is 11.3. The molecule has 0 saturated heterocycles. The number of hydrogen-bond donors (Lipinski definition) is 0.